The molecule has 0 aromatic carbocycles. The molecular weight excluding hydrogens is 256 g/mol. The predicted molar refractivity (Wildman–Crippen MR) is 80.8 cm³/mol. The Hall–Kier alpha value is 0.0700. The van der Waals surface area contributed by atoms with Crippen LogP contribution in [-0.4, -0.2) is 52.3 Å². The minimum Gasteiger partial charge on any atom is -0.311 e. The zero-order valence-electron chi connectivity index (χ0n) is 12.0. The summed E-state index contributed by atoms with van der Waals surface area (Å²) < 4.78 is 11.5. The second-order valence-electron chi connectivity index (χ2n) is 6.53. The van der Waals surface area contributed by atoms with Crippen LogP contribution in [0.15, 0.2) is 0 Å². The summed E-state index contributed by atoms with van der Waals surface area (Å²) in [6, 6.07) is 1.44. The zero-order chi connectivity index (χ0) is 13.1. The maximum absolute atomic E-state index is 11.5. The van der Waals surface area contributed by atoms with Crippen molar-refractivity contribution in [1.29, 1.82) is 0 Å². The second kappa shape index (κ2) is 6.68. The van der Waals surface area contributed by atoms with Crippen LogP contribution in [-0.2, 0) is 10.8 Å². The summed E-state index contributed by atoms with van der Waals surface area (Å²) in [6.07, 6.45) is 9.49. The molecule has 0 aromatic heterocycles. The van der Waals surface area contributed by atoms with Gasteiger partial charge in [-0.1, -0.05) is 19.3 Å². The van der Waals surface area contributed by atoms with Crippen molar-refractivity contribution in [2.75, 3.05) is 31.1 Å². The lowest BCUT2D eigenvalue weighted by Gasteiger charge is -2.43. The molecule has 2 saturated heterocycles. The monoisotopic (exact) mass is 284 g/mol. The van der Waals surface area contributed by atoms with E-state index in [-0.39, 0.29) is 0 Å². The first kappa shape index (κ1) is 14.0. The molecule has 0 spiro atoms. The Bertz CT molecular complexity index is 307. The molecule has 0 amide bonds. The highest BCUT2D eigenvalue weighted by molar-refractivity contribution is 7.85. The topological polar surface area (TPSA) is 32.3 Å². The lowest BCUT2D eigenvalue weighted by molar-refractivity contribution is 0.103. The third kappa shape index (κ3) is 3.59. The molecule has 1 atom stereocenters. The summed E-state index contributed by atoms with van der Waals surface area (Å²) in [6.45, 7) is 3.59. The normalized spacial score (nSPS) is 39.3. The van der Waals surface area contributed by atoms with E-state index in [1.54, 1.807) is 0 Å². The van der Waals surface area contributed by atoms with Crippen molar-refractivity contribution in [3.8, 4) is 0 Å². The molecule has 0 bridgehead atoms. The summed E-state index contributed by atoms with van der Waals surface area (Å²) in [7, 11) is -0.521. The Morgan fingerprint density at radius 1 is 1.00 bits per heavy atom. The first-order valence-corrected chi connectivity index (χ1v) is 9.64. The molecular formula is C15H28N2OS. The highest BCUT2D eigenvalue weighted by Gasteiger charge is 2.32. The largest absolute Gasteiger partial charge is 0.311 e. The Morgan fingerprint density at radius 2 is 1.74 bits per heavy atom. The highest BCUT2D eigenvalue weighted by Crippen LogP contribution is 2.28. The van der Waals surface area contributed by atoms with E-state index in [1.165, 1.54) is 45.2 Å². The van der Waals surface area contributed by atoms with Crippen molar-refractivity contribution < 1.29 is 4.21 Å². The summed E-state index contributed by atoms with van der Waals surface area (Å²) in [5, 5.41) is 3.76. The van der Waals surface area contributed by atoms with Gasteiger partial charge in [0.05, 0.1) is 0 Å². The number of nitrogens with one attached hydrogen (secondary N) is 1. The molecule has 1 unspecified atom stereocenters. The second-order valence-corrected chi connectivity index (χ2v) is 8.23. The third-order valence-corrected chi connectivity index (χ3v) is 6.71. The number of piperazine rings is 1. The Kier molecular flexibility index (Phi) is 4.93. The van der Waals surface area contributed by atoms with Crippen LogP contribution in [0.4, 0.5) is 0 Å². The van der Waals surface area contributed by atoms with E-state index in [0.29, 0.717) is 6.04 Å². The predicted octanol–water partition coefficient (Wildman–Crippen LogP) is 1.75. The number of hydrogen-bond acceptors (Lipinski definition) is 3. The smallest absolute Gasteiger partial charge is 0.0249 e. The fraction of sp³-hybridized carbons (Fsp3) is 1.00. The summed E-state index contributed by atoms with van der Waals surface area (Å²) in [5.74, 6) is 2.78. The van der Waals surface area contributed by atoms with Gasteiger partial charge in [0, 0.05) is 54.0 Å². The summed E-state index contributed by atoms with van der Waals surface area (Å²) in [4.78, 5) is 2.70. The van der Waals surface area contributed by atoms with Crippen LogP contribution < -0.4 is 5.32 Å². The molecule has 4 heteroatoms. The van der Waals surface area contributed by atoms with Gasteiger partial charge in [0.1, 0.15) is 0 Å². The standard InChI is InChI=1S/C15H28N2OS/c18-19-10-6-14(7-11-19)17-9-8-16-15(12-17)13-4-2-1-3-5-13/h13-16H,1-12H2. The molecule has 3 fully saturated rings. The van der Waals surface area contributed by atoms with Gasteiger partial charge in [0.25, 0.3) is 0 Å². The molecule has 2 aliphatic heterocycles. The van der Waals surface area contributed by atoms with Crippen LogP contribution in [0.25, 0.3) is 0 Å². The van der Waals surface area contributed by atoms with Crippen molar-refractivity contribution >= 4 is 10.8 Å². The Labute approximate surface area is 120 Å². The maximum atomic E-state index is 11.5. The van der Waals surface area contributed by atoms with Crippen LogP contribution in [0.1, 0.15) is 44.9 Å². The van der Waals surface area contributed by atoms with E-state index in [2.05, 4.69) is 10.2 Å². The number of rotatable bonds is 2. The summed E-state index contributed by atoms with van der Waals surface area (Å²) >= 11 is 0. The van der Waals surface area contributed by atoms with Crippen molar-refractivity contribution in [3.05, 3.63) is 0 Å². The molecule has 0 aromatic rings. The molecule has 3 nitrogen and oxygen atoms in total. The van der Waals surface area contributed by atoms with Crippen molar-refractivity contribution in [2.45, 2.75) is 57.0 Å². The molecule has 1 saturated carbocycles. The molecule has 3 aliphatic rings. The zero-order valence-corrected chi connectivity index (χ0v) is 12.8. The Balaban J connectivity index is 1.53. The molecule has 3 rings (SSSR count). The Morgan fingerprint density at radius 3 is 2.47 bits per heavy atom. The van der Waals surface area contributed by atoms with Gasteiger partial charge in [0.15, 0.2) is 0 Å². The summed E-state index contributed by atoms with van der Waals surface area (Å²) in [5.41, 5.74) is 0. The SMILES string of the molecule is O=S1CCC(N2CCNC(C3CCCCC3)C2)CC1. The van der Waals surface area contributed by atoms with Crippen LogP contribution >= 0.6 is 0 Å². The van der Waals surface area contributed by atoms with Crippen molar-refractivity contribution in [3.63, 3.8) is 0 Å². The molecule has 0 radical (unpaired) electrons. The third-order valence-electron chi connectivity index (χ3n) is 5.33. The van der Waals surface area contributed by atoms with Gasteiger partial charge < -0.3 is 5.32 Å². The average Bonchev–Trinajstić information content (AvgIpc) is 2.49. The first-order chi connectivity index (χ1) is 9.33. The lowest BCUT2D eigenvalue weighted by atomic mass is 9.83. The highest BCUT2D eigenvalue weighted by atomic mass is 32.2. The van der Waals surface area contributed by atoms with Gasteiger partial charge >= 0.3 is 0 Å². The molecule has 2 heterocycles. The number of hydrogen-bond donors (Lipinski definition) is 1. The van der Waals surface area contributed by atoms with Crippen LogP contribution in [0.5, 0.6) is 0 Å². The van der Waals surface area contributed by atoms with Gasteiger partial charge in [-0.05, 0) is 31.6 Å². The van der Waals surface area contributed by atoms with E-state index in [4.69, 9.17) is 0 Å². The molecule has 1 N–H and O–H groups in total. The first-order valence-electron chi connectivity index (χ1n) is 8.15. The van der Waals surface area contributed by atoms with Gasteiger partial charge in [0.2, 0.25) is 0 Å². The van der Waals surface area contributed by atoms with Crippen LogP contribution in [0, 0.1) is 5.92 Å². The van der Waals surface area contributed by atoms with Crippen molar-refractivity contribution in [2.24, 2.45) is 5.92 Å². The molecule has 19 heavy (non-hydrogen) atoms. The van der Waals surface area contributed by atoms with Gasteiger partial charge in [-0.3, -0.25) is 9.11 Å². The van der Waals surface area contributed by atoms with E-state index in [0.717, 1.165) is 42.9 Å². The van der Waals surface area contributed by atoms with Crippen LogP contribution in [0.2, 0.25) is 0 Å². The molecule has 1 aliphatic carbocycles. The fourth-order valence-electron chi connectivity index (χ4n) is 4.13. The maximum Gasteiger partial charge on any atom is 0.0249 e. The van der Waals surface area contributed by atoms with Gasteiger partial charge in [-0.15, -0.1) is 0 Å². The van der Waals surface area contributed by atoms with E-state index in [9.17, 15) is 4.21 Å². The minimum atomic E-state index is -0.521. The fourth-order valence-corrected chi connectivity index (χ4v) is 5.41. The number of nitrogens with zero attached hydrogens (tertiary/aromatic N) is 1. The van der Waals surface area contributed by atoms with Gasteiger partial charge in [-0.2, -0.15) is 0 Å². The van der Waals surface area contributed by atoms with Gasteiger partial charge in [-0.25, -0.2) is 0 Å². The lowest BCUT2D eigenvalue weighted by Crippen LogP contribution is -2.57. The minimum absolute atomic E-state index is 0.521. The molecule has 110 valence electrons. The quantitative estimate of drug-likeness (QED) is 0.838. The van der Waals surface area contributed by atoms with Crippen LogP contribution in [0.3, 0.4) is 0 Å². The average molecular weight is 284 g/mol. The van der Waals surface area contributed by atoms with E-state index >= 15 is 0 Å². The van der Waals surface area contributed by atoms with Crippen molar-refractivity contribution in [1.82, 2.24) is 10.2 Å². The van der Waals surface area contributed by atoms with E-state index in [1.807, 2.05) is 0 Å². The van der Waals surface area contributed by atoms with E-state index < -0.39 is 10.8 Å².